The average molecular weight is 255 g/mol. The molecule has 3 nitrogen and oxygen atoms in total. The molecule has 0 aliphatic heterocycles. The number of hydrogen-bond donors (Lipinski definition) is 1. The standard InChI is InChI=1S/C13H21NO2S/c1-9(2)12-8-6-7-11(5)13(12)14-17(15,16)10(3)4/h6-10,14H,1-5H3. The molecule has 4 heteroatoms. The fourth-order valence-corrected chi connectivity index (χ4v) is 2.37. The van der Waals surface area contributed by atoms with Crippen molar-refractivity contribution in [3.05, 3.63) is 29.3 Å². The summed E-state index contributed by atoms with van der Waals surface area (Å²) in [5, 5.41) is -0.429. The van der Waals surface area contributed by atoms with Crippen LogP contribution in [0.4, 0.5) is 5.69 Å². The number of benzene rings is 1. The fraction of sp³-hybridized carbons (Fsp3) is 0.538. The molecule has 0 radical (unpaired) electrons. The number of aryl methyl sites for hydroxylation is 1. The Morgan fingerprint density at radius 1 is 1.12 bits per heavy atom. The van der Waals surface area contributed by atoms with Gasteiger partial charge in [0.25, 0.3) is 0 Å². The van der Waals surface area contributed by atoms with Gasteiger partial charge in [0.1, 0.15) is 0 Å². The minimum Gasteiger partial charge on any atom is -0.283 e. The van der Waals surface area contributed by atoms with Crippen molar-refractivity contribution < 1.29 is 8.42 Å². The van der Waals surface area contributed by atoms with E-state index in [2.05, 4.69) is 18.6 Å². The molecule has 0 aliphatic rings. The van der Waals surface area contributed by atoms with Crippen molar-refractivity contribution in [3.63, 3.8) is 0 Å². The number of para-hydroxylation sites is 1. The zero-order valence-electron chi connectivity index (χ0n) is 11.1. The summed E-state index contributed by atoms with van der Waals surface area (Å²) in [4.78, 5) is 0. The molecule has 1 rings (SSSR count). The Balaban J connectivity index is 3.23. The Hall–Kier alpha value is -1.03. The number of rotatable bonds is 4. The molecule has 0 saturated heterocycles. The lowest BCUT2D eigenvalue weighted by molar-refractivity contribution is 0.592. The van der Waals surface area contributed by atoms with Crippen LogP contribution in [0.2, 0.25) is 0 Å². The molecule has 0 aromatic heterocycles. The summed E-state index contributed by atoms with van der Waals surface area (Å²) in [6.45, 7) is 9.39. The van der Waals surface area contributed by atoms with Gasteiger partial charge in [-0.05, 0) is 37.8 Å². The summed E-state index contributed by atoms with van der Waals surface area (Å²) in [5.41, 5.74) is 2.73. The van der Waals surface area contributed by atoms with Gasteiger partial charge < -0.3 is 0 Å². The first kappa shape index (κ1) is 14.0. The van der Waals surface area contributed by atoms with Gasteiger partial charge in [-0.15, -0.1) is 0 Å². The summed E-state index contributed by atoms with van der Waals surface area (Å²) in [5.74, 6) is 0.291. The lowest BCUT2D eigenvalue weighted by Crippen LogP contribution is -2.23. The van der Waals surface area contributed by atoms with Gasteiger partial charge in [0.2, 0.25) is 10.0 Å². The molecule has 0 heterocycles. The van der Waals surface area contributed by atoms with E-state index in [0.29, 0.717) is 5.92 Å². The molecule has 17 heavy (non-hydrogen) atoms. The van der Waals surface area contributed by atoms with Gasteiger partial charge in [0.15, 0.2) is 0 Å². The van der Waals surface area contributed by atoms with Gasteiger partial charge in [-0.1, -0.05) is 32.0 Å². The van der Waals surface area contributed by atoms with Crippen LogP contribution in [0.5, 0.6) is 0 Å². The fourth-order valence-electron chi connectivity index (χ4n) is 1.57. The van der Waals surface area contributed by atoms with E-state index in [9.17, 15) is 8.42 Å². The Labute approximate surface area is 104 Å². The molecule has 1 N–H and O–H groups in total. The maximum atomic E-state index is 11.9. The van der Waals surface area contributed by atoms with Crippen LogP contribution in [0, 0.1) is 6.92 Å². The minimum absolute atomic E-state index is 0.291. The van der Waals surface area contributed by atoms with Crippen molar-refractivity contribution in [2.45, 2.75) is 45.8 Å². The highest BCUT2D eigenvalue weighted by Crippen LogP contribution is 2.28. The molecular weight excluding hydrogens is 234 g/mol. The lowest BCUT2D eigenvalue weighted by atomic mass is 9.99. The second-order valence-corrected chi connectivity index (χ2v) is 7.13. The molecule has 0 atom stereocenters. The van der Waals surface area contributed by atoms with E-state index in [-0.39, 0.29) is 0 Å². The molecule has 1 aromatic rings. The molecule has 0 unspecified atom stereocenters. The number of nitrogens with one attached hydrogen (secondary N) is 1. The Morgan fingerprint density at radius 3 is 2.18 bits per heavy atom. The summed E-state index contributed by atoms with van der Waals surface area (Å²) in [7, 11) is -3.28. The Morgan fingerprint density at radius 2 is 1.71 bits per heavy atom. The second-order valence-electron chi connectivity index (χ2n) is 4.89. The highest BCUT2D eigenvalue weighted by atomic mass is 32.2. The SMILES string of the molecule is Cc1cccc(C(C)C)c1NS(=O)(=O)C(C)C. The van der Waals surface area contributed by atoms with Crippen molar-refractivity contribution in [2.75, 3.05) is 4.72 Å². The van der Waals surface area contributed by atoms with Crippen LogP contribution >= 0.6 is 0 Å². The van der Waals surface area contributed by atoms with Gasteiger partial charge in [0.05, 0.1) is 10.9 Å². The van der Waals surface area contributed by atoms with Crippen molar-refractivity contribution in [1.82, 2.24) is 0 Å². The quantitative estimate of drug-likeness (QED) is 0.897. The minimum atomic E-state index is -3.28. The second kappa shape index (κ2) is 5.08. The van der Waals surface area contributed by atoms with E-state index in [1.165, 1.54) is 0 Å². The Bertz CT molecular complexity index is 490. The summed E-state index contributed by atoms with van der Waals surface area (Å²) in [6, 6.07) is 5.84. The van der Waals surface area contributed by atoms with Crippen LogP contribution in [0.1, 0.15) is 44.7 Å². The topological polar surface area (TPSA) is 46.2 Å². The van der Waals surface area contributed by atoms with E-state index in [1.54, 1.807) is 13.8 Å². The predicted molar refractivity (Wildman–Crippen MR) is 72.9 cm³/mol. The number of sulfonamides is 1. The van der Waals surface area contributed by atoms with Crippen LogP contribution in [0.3, 0.4) is 0 Å². The van der Waals surface area contributed by atoms with Gasteiger partial charge >= 0.3 is 0 Å². The molecule has 0 aliphatic carbocycles. The van der Waals surface area contributed by atoms with Crippen LogP contribution in [-0.4, -0.2) is 13.7 Å². The average Bonchev–Trinajstić information content (AvgIpc) is 2.20. The molecule has 0 saturated carbocycles. The van der Waals surface area contributed by atoms with Gasteiger partial charge in [-0.2, -0.15) is 0 Å². The zero-order valence-corrected chi connectivity index (χ0v) is 11.9. The molecule has 1 aromatic carbocycles. The van der Waals surface area contributed by atoms with Gasteiger partial charge in [0, 0.05) is 0 Å². The van der Waals surface area contributed by atoms with Crippen molar-refractivity contribution in [3.8, 4) is 0 Å². The van der Waals surface area contributed by atoms with Crippen LogP contribution in [-0.2, 0) is 10.0 Å². The van der Waals surface area contributed by atoms with Crippen molar-refractivity contribution >= 4 is 15.7 Å². The third-order valence-electron chi connectivity index (χ3n) is 2.79. The first-order valence-electron chi connectivity index (χ1n) is 5.87. The molecule has 0 bridgehead atoms. The molecule has 96 valence electrons. The van der Waals surface area contributed by atoms with Gasteiger partial charge in [-0.3, -0.25) is 4.72 Å². The monoisotopic (exact) mass is 255 g/mol. The van der Waals surface area contributed by atoms with Crippen LogP contribution in [0.25, 0.3) is 0 Å². The highest BCUT2D eigenvalue weighted by molar-refractivity contribution is 7.93. The maximum absolute atomic E-state index is 11.9. The molecule has 0 amide bonds. The van der Waals surface area contributed by atoms with E-state index >= 15 is 0 Å². The largest absolute Gasteiger partial charge is 0.283 e. The smallest absolute Gasteiger partial charge is 0.235 e. The van der Waals surface area contributed by atoms with Gasteiger partial charge in [-0.25, -0.2) is 8.42 Å². The third kappa shape index (κ3) is 3.22. The summed E-state index contributed by atoms with van der Waals surface area (Å²) < 4.78 is 26.5. The van der Waals surface area contributed by atoms with Crippen molar-refractivity contribution in [2.24, 2.45) is 0 Å². The van der Waals surface area contributed by atoms with E-state index < -0.39 is 15.3 Å². The lowest BCUT2D eigenvalue weighted by Gasteiger charge is -2.18. The van der Waals surface area contributed by atoms with E-state index in [1.807, 2.05) is 25.1 Å². The summed E-state index contributed by atoms with van der Waals surface area (Å²) in [6.07, 6.45) is 0. The Kier molecular flexibility index (Phi) is 4.20. The first-order valence-corrected chi connectivity index (χ1v) is 7.41. The number of anilines is 1. The molecule has 0 spiro atoms. The predicted octanol–water partition coefficient (Wildman–Crippen LogP) is 3.27. The van der Waals surface area contributed by atoms with Crippen LogP contribution < -0.4 is 4.72 Å². The van der Waals surface area contributed by atoms with Crippen molar-refractivity contribution in [1.29, 1.82) is 0 Å². The molecular formula is C13H21NO2S. The van der Waals surface area contributed by atoms with E-state index in [0.717, 1.165) is 16.8 Å². The molecule has 0 fully saturated rings. The third-order valence-corrected chi connectivity index (χ3v) is 4.52. The maximum Gasteiger partial charge on any atom is 0.235 e. The first-order chi connectivity index (χ1) is 7.75. The zero-order chi connectivity index (χ0) is 13.2. The highest BCUT2D eigenvalue weighted by Gasteiger charge is 2.19. The van der Waals surface area contributed by atoms with E-state index in [4.69, 9.17) is 0 Å². The number of hydrogen-bond acceptors (Lipinski definition) is 2. The summed E-state index contributed by atoms with van der Waals surface area (Å²) >= 11 is 0. The normalized spacial score (nSPS) is 12.2. The van der Waals surface area contributed by atoms with Crippen LogP contribution in [0.15, 0.2) is 18.2 Å².